The molecule has 104 valence electrons. The molecule has 0 aliphatic heterocycles. The zero-order chi connectivity index (χ0) is 13.7. The maximum absolute atomic E-state index is 11.9. The highest BCUT2D eigenvalue weighted by Gasteiger charge is 2.20. The Balaban J connectivity index is 1.65. The van der Waals surface area contributed by atoms with Crippen LogP contribution in [0.1, 0.15) is 29.6 Å². The molecular formula is C14H19BrN2O2. The average molecular weight is 327 g/mol. The van der Waals surface area contributed by atoms with E-state index in [1.807, 2.05) is 0 Å². The van der Waals surface area contributed by atoms with Crippen LogP contribution in [0.25, 0.3) is 0 Å². The highest BCUT2D eigenvalue weighted by Crippen LogP contribution is 2.28. The second-order valence-electron chi connectivity index (χ2n) is 4.90. The summed E-state index contributed by atoms with van der Waals surface area (Å²) >= 11 is 3.32. The molecular weight excluding hydrogens is 308 g/mol. The fraction of sp³-hybridized carbons (Fsp3) is 0.500. The maximum atomic E-state index is 11.9. The van der Waals surface area contributed by atoms with E-state index < -0.39 is 0 Å². The number of amides is 1. The second-order valence-corrected chi connectivity index (χ2v) is 5.82. The van der Waals surface area contributed by atoms with E-state index in [-0.39, 0.29) is 5.91 Å². The molecule has 1 fully saturated rings. The molecule has 5 heteroatoms. The van der Waals surface area contributed by atoms with Gasteiger partial charge in [-0.15, -0.1) is 0 Å². The SMILES string of the molecule is Nc1cc(Br)cc(C(=O)NCCCOCC2CC2)c1. The van der Waals surface area contributed by atoms with Crippen molar-refractivity contribution in [2.45, 2.75) is 19.3 Å². The van der Waals surface area contributed by atoms with Crippen LogP contribution in [0.3, 0.4) is 0 Å². The fourth-order valence-corrected chi connectivity index (χ4v) is 2.27. The van der Waals surface area contributed by atoms with E-state index in [1.54, 1.807) is 18.2 Å². The lowest BCUT2D eigenvalue weighted by Crippen LogP contribution is -2.25. The lowest BCUT2D eigenvalue weighted by Gasteiger charge is -2.07. The Morgan fingerprint density at radius 1 is 1.42 bits per heavy atom. The number of nitrogens with two attached hydrogens (primary N) is 1. The summed E-state index contributed by atoms with van der Waals surface area (Å²) in [5.74, 6) is 0.689. The lowest BCUT2D eigenvalue weighted by molar-refractivity contribution is 0.0937. The monoisotopic (exact) mass is 326 g/mol. The summed E-state index contributed by atoms with van der Waals surface area (Å²) in [5, 5.41) is 2.86. The van der Waals surface area contributed by atoms with E-state index in [9.17, 15) is 4.79 Å². The van der Waals surface area contributed by atoms with Gasteiger partial charge in [0.05, 0.1) is 0 Å². The van der Waals surface area contributed by atoms with Crippen molar-refractivity contribution in [2.24, 2.45) is 5.92 Å². The summed E-state index contributed by atoms with van der Waals surface area (Å²) in [7, 11) is 0. The number of ether oxygens (including phenoxy) is 1. The summed E-state index contributed by atoms with van der Waals surface area (Å²) in [4.78, 5) is 11.9. The summed E-state index contributed by atoms with van der Waals surface area (Å²) in [6.45, 7) is 2.20. The Bertz CT molecular complexity index is 427. The minimum absolute atomic E-state index is 0.102. The van der Waals surface area contributed by atoms with Crippen molar-refractivity contribution in [3.05, 3.63) is 28.2 Å². The third-order valence-electron chi connectivity index (χ3n) is 2.98. The zero-order valence-corrected chi connectivity index (χ0v) is 12.4. The molecule has 4 nitrogen and oxygen atoms in total. The number of rotatable bonds is 7. The second kappa shape index (κ2) is 6.91. The molecule has 1 aliphatic carbocycles. The quantitative estimate of drug-likeness (QED) is 0.598. The number of carbonyl (C=O) groups excluding carboxylic acids is 1. The van der Waals surface area contributed by atoms with E-state index >= 15 is 0 Å². The maximum Gasteiger partial charge on any atom is 0.251 e. The molecule has 0 spiro atoms. The number of hydrogen-bond donors (Lipinski definition) is 2. The highest BCUT2D eigenvalue weighted by atomic mass is 79.9. The van der Waals surface area contributed by atoms with Gasteiger partial charge in [-0.3, -0.25) is 4.79 Å². The van der Waals surface area contributed by atoms with Crippen molar-refractivity contribution in [1.82, 2.24) is 5.32 Å². The largest absolute Gasteiger partial charge is 0.399 e. The number of nitrogen functional groups attached to an aromatic ring is 1. The van der Waals surface area contributed by atoms with Crippen molar-refractivity contribution < 1.29 is 9.53 Å². The number of carbonyl (C=O) groups is 1. The smallest absolute Gasteiger partial charge is 0.251 e. The van der Waals surface area contributed by atoms with Gasteiger partial charge < -0.3 is 15.8 Å². The molecule has 0 radical (unpaired) electrons. The minimum Gasteiger partial charge on any atom is -0.399 e. The van der Waals surface area contributed by atoms with Crippen LogP contribution in [-0.4, -0.2) is 25.7 Å². The first-order chi connectivity index (χ1) is 9.15. The van der Waals surface area contributed by atoms with Crippen LogP contribution in [0.4, 0.5) is 5.69 Å². The van der Waals surface area contributed by atoms with Gasteiger partial charge in [0.15, 0.2) is 0 Å². The van der Waals surface area contributed by atoms with Crippen molar-refractivity contribution in [2.75, 3.05) is 25.5 Å². The first kappa shape index (κ1) is 14.3. The zero-order valence-electron chi connectivity index (χ0n) is 10.8. The van der Waals surface area contributed by atoms with E-state index in [0.29, 0.717) is 24.4 Å². The Kier molecular flexibility index (Phi) is 5.22. The van der Waals surface area contributed by atoms with Crippen LogP contribution < -0.4 is 11.1 Å². The van der Waals surface area contributed by atoms with E-state index in [0.717, 1.165) is 23.4 Å². The van der Waals surface area contributed by atoms with Crippen LogP contribution in [0, 0.1) is 5.92 Å². The van der Waals surface area contributed by atoms with Gasteiger partial charge in [0, 0.05) is 35.5 Å². The normalized spacial score (nSPS) is 14.4. The van der Waals surface area contributed by atoms with Crippen LogP contribution in [0.5, 0.6) is 0 Å². The molecule has 1 aliphatic rings. The van der Waals surface area contributed by atoms with Crippen LogP contribution in [0.2, 0.25) is 0 Å². The van der Waals surface area contributed by atoms with Gasteiger partial charge in [-0.1, -0.05) is 15.9 Å². The van der Waals surface area contributed by atoms with Gasteiger partial charge in [-0.05, 0) is 43.4 Å². The van der Waals surface area contributed by atoms with Gasteiger partial charge in [0.2, 0.25) is 0 Å². The molecule has 19 heavy (non-hydrogen) atoms. The average Bonchev–Trinajstić information content (AvgIpc) is 3.16. The van der Waals surface area contributed by atoms with Crippen LogP contribution in [0.15, 0.2) is 22.7 Å². The molecule has 1 aromatic carbocycles. The van der Waals surface area contributed by atoms with Crippen molar-refractivity contribution >= 4 is 27.5 Å². The Morgan fingerprint density at radius 3 is 2.89 bits per heavy atom. The van der Waals surface area contributed by atoms with Gasteiger partial charge in [-0.2, -0.15) is 0 Å². The molecule has 1 amide bonds. The first-order valence-electron chi connectivity index (χ1n) is 6.57. The molecule has 0 aromatic heterocycles. The van der Waals surface area contributed by atoms with Gasteiger partial charge in [-0.25, -0.2) is 0 Å². The molecule has 0 atom stereocenters. The van der Waals surface area contributed by atoms with Crippen molar-refractivity contribution in [3.8, 4) is 0 Å². The van der Waals surface area contributed by atoms with Crippen molar-refractivity contribution in [3.63, 3.8) is 0 Å². The number of nitrogens with one attached hydrogen (secondary N) is 1. The van der Waals surface area contributed by atoms with Gasteiger partial charge in [0.25, 0.3) is 5.91 Å². The Hall–Kier alpha value is -1.07. The summed E-state index contributed by atoms with van der Waals surface area (Å²) in [6, 6.07) is 5.20. The fourth-order valence-electron chi connectivity index (χ4n) is 1.76. The number of anilines is 1. The summed E-state index contributed by atoms with van der Waals surface area (Å²) < 4.78 is 6.32. The third-order valence-corrected chi connectivity index (χ3v) is 3.44. The van der Waals surface area contributed by atoms with E-state index in [4.69, 9.17) is 10.5 Å². The number of hydrogen-bond acceptors (Lipinski definition) is 3. The minimum atomic E-state index is -0.102. The van der Waals surface area contributed by atoms with E-state index in [1.165, 1.54) is 12.8 Å². The standard InChI is InChI=1S/C14H19BrN2O2/c15-12-6-11(7-13(16)8-12)14(18)17-4-1-5-19-9-10-2-3-10/h6-8,10H,1-5,9,16H2,(H,17,18). The summed E-state index contributed by atoms with van der Waals surface area (Å²) in [5.41, 5.74) is 6.85. The number of benzene rings is 1. The number of halogens is 1. The molecule has 1 saturated carbocycles. The topological polar surface area (TPSA) is 64.4 Å². The van der Waals surface area contributed by atoms with Crippen LogP contribution >= 0.6 is 15.9 Å². The van der Waals surface area contributed by atoms with Gasteiger partial charge >= 0.3 is 0 Å². The van der Waals surface area contributed by atoms with Crippen molar-refractivity contribution in [1.29, 1.82) is 0 Å². The molecule has 3 N–H and O–H groups in total. The third kappa shape index (κ3) is 5.20. The summed E-state index contributed by atoms with van der Waals surface area (Å²) in [6.07, 6.45) is 3.45. The molecule has 0 saturated heterocycles. The molecule has 1 aromatic rings. The van der Waals surface area contributed by atoms with Gasteiger partial charge in [0.1, 0.15) is 0 Å². The predicted octanol–water partition coefficient (Wildman–Crippen LogP) is 2.58. The molecule has 2 rings (SSSR count). The predicted molar refractivity (Wildman–Crippen MR) is 79.0 cm³/mol. The molecule has 0 bridgehead atoms. The van der Waals surface area contributed by atoms with Crippen LogP contribution in [-0.2, 0) is 4.74 Å². The highest BCUT2D eigenvalue weighted by molar-refractivity contribution is 9.10. The molecule has 0 heterocycles. The Labute approximate surface area is 121 Å². The Morgan fingerprint density at radius 2 is 2.21 bits per heavy atom. The van der Waals surface area contributed by atoms with E-state index in [2.05, 4.69) is 21.2 Å². The lowest BCUT2D eigenvalue weighted by atomic mass is 10.2. The first-order valence-corrected chi connectivity index (χ1v) is 7.36. The molecule has 0 unspecified atom stereocenters.